The quantitative estimate of drug-likeness (QED) is 0.524. The van der Waals surface area contributed by atoms with Crippen LogP contribution in [0.3, 0.4) is 0 Å². The van der Waals surface area contributed by atoms with E-state index in [-0.39, 0.29) is 0 Å². The summed E-state index contributed by atoms with van der Waals surface area (Å²) >= 11 is 0. The molecule has 0 saturated carbocycles. The van der Waals surface area contributed by atoms with E-state index in [1.165, 1.54) is 12.8 Å². The van der Waals surface area contributed by atoms with E-state index in [0.29, 0.717) is 5.92 Å². The Morgan fingerprint density at radius 1 is 1.30 bits per heavy atom. The molecule has 0 nitrogen and oxygen atoms in total. The number of hydrogen-bond donors (Lipinski definition) is 0. The van der Waals surface area contributed by atoms with Crippen molar-refractivity contribution in [2.75, 3.05) is 0 Å². The zero-order valence-electron chi connectivity index (χ0n) is 7.11. The lowest BCUT2D eigenvalue weighted by molar-refractivity contribution is 0.627. The molecule has 0 bridgehead atoms. The Kier molecular flexibility index (Phi) is 6.38. The first kappa shape index (κ1) is 9.56. The smallest absolute Gasteiger partial charge is 0.0197 e. The van der Waals surface area contributed by atoms with Crippen LogP contribution in [0.25, 0.3) is 0 Å². The predicted molar refractivity (Wildman–Crippen MR) is 46.4 cm³/mol. The van der Waals surface area contributed by atoms with Crippen LogP contribution in [0, 0.1) is 24.7 Å². The zero-order valence-corrected chi connectivity index (χ0v) is 7.11. The highest BCUT2D eigenvalue weighted by molar-refractivity contribution is 5.02. The fourth-order valence-corrected chi connectivity index (χ4v) is 0.798. The van der Waals surface area contributed by atoms with Gasteiger partial charge in [-0.05, 0) is 19.3 Å². The van der Waals surface area contributed by atoms with Crippen LogP contribution < -0.4 is 0 Å². The van der Waals surface area contributed by atoms with Gasteiger partial charge in [-0.25, -0.2) is 0 Å². The Morgan fingerprint density at radius 2 is 1.90 bits per heavy atom. The van der Waals surface area contributed by atoms with Crippen molar-refractivity contribution in [1.82, 2.24) is 0 Å². The van der Waals surface area contributed by atoms with Crippen molar-refractivity contribution in [3.63, 3.8) is 0 Å². The van der Waals surface area contributed by atoms with Crippen molar-refractivity contribution in [1.29, 1.82) is 0 Å². The molecule has 0 atom stereocenters. The molecule has 0 saturated heterocycles. The standard InChI is InChI=1S/C10H17/c1-4-7-8-9-10(5-2)6-3/h10H,1,4-7H2,2-3H3. The lowest BCUT2D eigenvalue weighted by atomic mass is 10.0. The van der Waals surface area contributed by atoms with E-state index in [2.05, 4.69) is 32.6 Å². The lowest BCUT2D eigenvalue weighted by Gasteiger charge is -2.00. The normalized spacial score (nSPS) is 9.20. The summed E-state index contributed by atoms with van der Waals surface area (Å²) in [4.78, 5) is 0. The predicted octanol–water partition coefficient (Wildman–Crippen LogP) is 3.04. The van der Waals surface area contributed by atoms with Gasteiger partial charge in [-0.1, -0.05) is 26.7 Å². The highest BCUT2D eigenvalue weighted by Gasteiger charge is 1.94. The molecule has 0 fully saturated rings. The fourth-order valence-electron chi connectivity index (χ4n) is 0.798. The molecule has 0 aromatic heterocycles. The monoisotopic (exact) mass is 137 g/mol. The van der Waals surface area contributed by atoms with Gasteiger partial charge in [-0.15, -0.1) is 5.92 Å². The average Bonchev–Trinajstić information content (AvgIpc) is 1.99. The number of hydrogen-bond acceptors (Lipinski definition) is 0. The van der Waals surface area contributed by atoms with Gasteiger partial charge in [0.1, 0.15) is 0 Å². The second-order valence-electron chi connectivity index (χ2n) is 2.44. The maximum atomic E-state index is 3.73. The first-order chi connectivity index (χ1) is 4.85. The number of rotatable bonds is 3. The van der Waals surface area contributed by atoms with Crippen molar-refractivity contribution in [3.8, 4) is 11.8 Å². The van der Waals surface area contributed by atoms with Gasteiger partial charge >= 0.3 is 0 Å². The van der Waals surface area contributed by atoms with E-state index in [0.717, 1.165) is 12.8 Å². The molecule has 57 valence electrons. The van der Waals surface area contributed by atoms with E-state index in [1.807, 2.05) is 0 Å². The van der Waals surface area contributed by atoms with Gasteiger partial charge < -0.3 is 0 Å². The molecule has 0 aromatic carbocycles. The van der Waals surface area contributed by atoms with Crippen LogP contribution in [0.1, 0.15) is 39.5 Å². The molecular weight excluding hydrogens is 120 g/mol. The van der Waals surface area contributed by atoms with Crippen molar-refractivity contribution in [2.45, 2.75) is 39.5 Å². The third kappa shape index (κ3) is 4.44. The number of unbranched alkanes of at least 4 members (excludes halogenated alkanes) is 1. The third-order valence-corrected chi connectivity index (χ3v) is 1.59. The Hall–Kier alpha value is -0.440. The SMILES string of the molecule is [CH2]CCC#CC(CC)CC. The molecule has 0 aliphatic heterocycles. The van der Waals surface area contributed by atoms with Crippen LogP contribution in [0.2, 0.25) is 0 Å². The highest BCUT2D eigenvalue weighted by atomic mass is 14.0. The summed E-state index contributed by atoms with van der Waals surface area (Å²) in [6, 6.07) is 0. The summed E-state index contributed by atoms with van der Waals surface area (Å²) in [6.07, 6.45) is 4.25. The largest absolute Gasteiger partial charge is 0.103 e. The van der Waals surface area contributed by atoms with Crippen LogP contribution >= 0.6 is 0 Å². The Bertz CT molecular complexity index is 110. The molecule has 0 aliphatic carbocycles. The molecule has 10 heavy (non-hydrogen) atoms. The van der Waals surface area contributed by atoms with E-state index in [1.54, 1.807) is 0 Å². The van der Waals surface area contributed by atoms with Gasteiger partial charge in [0.15, 0.2) is 0 Å². The molecule has 0 heteroatoms. The second-order valence-corrected chi connectivity index (χ2v) is 2.44. The lowest BCUT2D eigenvalue weighted by Crippen LogP contribution is -1.90. The summed E-state index contributed by atoms with van der Waals surface area (Å²) in [7, 11) is 0. The summed E-state index contributed by atoms with van der Waals surface area (Å²) < 4.78 is 0. The van der Waals surface area contributed by atoms with E-state index in [4.69, 9.17) is 0 Å². The van der Waals surface area contributed by atoms with E-state index >= 15 is 0 Å². The van der Waals surface area contributed by atoms with Gasteiger partial charge in [-0.2, -0.15) is 0 Å². The van der Waals surface area contributed by atoms with Gasteiger partial charge in [-0.3, -0.25) is 0 Å². The molecule has 0 unspecified atom stereocenters. The summed E-state index contributed by atoms with van der Waals surface area (Å²) in [5.41, 5.74) is 0. The van der Waals surface area contributed by atoms with Gasteiger partial charge in [0.05, 0.1) is 0 Å². The van der Waals surface area contributed by atoms with Gasteiger partial charge in [0, 0.05) is 12.3 Å². The van der Waals surface area contributed by atoms with Crippen LogP contribution in [0.4, 0.5) is 0 Å². The van der Waals surface area contributed by atoms with Crippen molar-refractivity contribution < 1.29 is 0 Å². The Morgan fingerprint density at radius 3 is 2.30 bits per heavy atom. The maximum absolute atomic E-state index is 3.73. The molecule has 0 spiro atoms. The van der Waals surface area contributed by atoms with Crippen LogP contribution in [0.5, 0.6) is 0 Å². The topological polar surface area (TPSA) is 0 Å². The summed E-state index contributed by atoms with van der Waals surface area (Å²) in [6.45, 7) is 8.11. The van der Waals surface area contributed by atoms with Crippen LogP contribution in [0.15, 0.2) is 0 Å². The fraction of sp³-hybridized carbons (Fsp3) is 0.700. The third-order valence-electron chi connectivity index (χ3n) is 1.59. The second kappa shape index (κ2) is 6.68. The highest BCUT2D eigenvalue weighted by Crippen LogP contribution is 2.04. The summed E-state index contributed by atoms with van der Waals surface area (Å²) in [5.74, 6) is 6.97. The molecule has 0 aliphatic rings. The molecule has 0 heterocycles. The molecule has 0 N–H and O–H groups in total. The molecule has 0 aromatic rings. The Labute approximate surface area is 65.0 Å². The summed E-state index contributed by atoms with van der Waals surface area (Å²) in [5, 5.41) is 0. The molecule has 1 radical (unpaired) electrons. The van der Waals surface area contributed by atoms with E-state index in [9.17, 15) is 0 Å². The molecule has 0 rings (SSSR count). The van der Waals surface area contributed by atoms with Gasteiger partial charge in [0.25, 0.3) is 0 Å². The van der Waals surface area contributed by atoms with Crippen molar-refractivity contribution >= 4 is 0 Å². The first-order valence-corrected chi connectivity index (χ1v) is 4.12. The van der Waals surface area contributed by atoms with Crippen molar-refractivity contribution in [2.24, 2.45) is 5.92 Å². The minimum Gasteiger partial charge on any atom is -0.103 e. The molecule has 0 amide bonds. The minimum atomic E-state index is 0.617. The van der Waals surface area contributed by atoms with E-state index < -0.39 is 0 Å². The minimum absolute atomic E-state index is 0.617. The maximum Gasteiger partial charge on any atom is 0.0197 e. The van der Waals surface area contributed by atoms with Crippen LogP contribution in [-0.4, -0.2) is 0 Å². The van der Waals surface area contributed by atoms with Gasteiger partial charge in [0.2, 0.25) is 0 Å². The zero-order chi connectivity index (χ0) is 7.82. The first-order valence-electron chi connectivity index (χ1n) is 4.12. The Balaban J connectivity index is 3.52. The van der Waals surface area contributed by atoms with Crippen molar-refractivity contribution in [3.05, 3.63) is 6.92 Å². The van der Waals surface area contributed by atoms with Crippen LogP contribution in [-0.2, 0) is 0 Å². The molecular formula is C10H17. The average molecular weight is 137 g/mol.